The van der Waals surface area contributed by atoms with Crippen LogP contribution in [0.15, 0.2) is 24.3 Å². The summed E-state index contributed by atoms with van der Waals surface area (Å²) in [5.74, 6) is 1.57. The van der Waals surface area contributed by atoms with Crippen LogP contribution in [0, 0.1) is 5.92 Å². The van der Waals surface area contributed by atoms with Crippen molar-refractivity contribution in [2.45, 2.75) is 25.9 Å². The number of nitrogens with zero attached hydrogens (tertiary/aromatic N) is 1. The van der Waals surface area contributed by atoms with Gasteiger partial charge in [-0.3, -0.25) is 4.79 Å². The summed E-state index contributed by atoms with van der Waals surface area (Å²) in [5.41, 5.74) is 0. The molecule has 0 spiro atoms. The molecule has 1 aromatic rings. The molecule has 1 aromatic carbocycles. The van der Waals surface area contributed by atoms with Crippen LogP contribution >= 0.6 is 0 Å². The maximum absolute atomic E-state index is 12.0. The Morgan fingerprint density at radius 2 is 1.90 bits per heavy atom. The SMILES string of the molecule is CCOc1ccccc1OCC(=O)N(C)CC1CC(O)C1. The Kier molecular flexibility index (Phi) is 5.44. The molecule has 0 atom stereocenters. The summed E-state index contributed by atoms with van der Waals surface area (Å²) in [6, 6.07) is 7.33. The van der Waals surface area contributed by atoms with E-state index in [1.165, 1.54) is 0 Å². The summed E-state index contributed by atoms with van der Waals surface area (Å²) < 4.78 is 11.0. The number of hydrogen-bond donors (Lipinski definition) is 1. The molecule has 0 heterocycles. The van der Waals surface area contributed by atoms with Gasteiger partial charge in [0.2, 0.25) is 0 Å². The molecule has 1 N–H and O–H groups in total. The summed E-state index contributed by atoms with van der Waals surface area (Å²) in [4.78, 5) is 13.7. The lowest BCUT2D eigenvalue weighted by atomic mass is 9.82. The molecule has 0 saturated heterocycles. The zero-order valence-corrected chi connectivity index (χ0v) is 12.6. The number of benzene rings is 1. The topological polar surface area (TPSA) is 59.0 Å². The first kappa shape index (κ1) is 15.6. The monoisotopic (exact) mass is 293 g/mol. The molecule has 2 rings (SSSR count). The van der Waals surface area contributed by atoms with Gasteiger partial charge in [0.1, 0.15) is 0 Å². The Balaban J connectivity index is 1.80. The van der Waals surface area contributed by atoms with Gasteiger partial charge in [0, 0.05) is 13.6 Å². The van der Waals surface area contributed by atoms with E-state index in [1.807, 2.05) is 25.1 Å². The molecular formula is C16H23NO4. The van der Waals surface area contributed by atoms with Crippen LogP contribution in [0.5, 0.6) is 11.5 Å². The van der Waals surface area contributed by atoms with Crippen molar-refractivity contribution >= 4 is 5.91 Å². The number of hydrogen-bond acceptors (Lipinski definition) is 4. The normalized spacial score (nSPS) is 20.5. The van der Waals surface area contributed by atoms with E-state index in [2.05, 4.69) is 0 Å². The molecule has 1 fully saturated rings. The number of ether oxygens (including phenoxy) is 2. The Labute approximate surface area is 125 Å². The highest BCUT2D eigenvalue weighted by Crippen LogP contribution is 2.28. The average Bonchev–Trinajstić information content (AvgIpc) is 2.44. The minimum absolute atomic E-state index is 0.00411. The fourth-order valence-electron chi connectivity index (χ4n) is 2.43. The van der Waals surface area contributed by atoms with E-state index >= 15 is 0 Å². The lowest BCUT2D eigenvalue weighted by Gasteiger charge is -2.34. The number of carbonyl (C=O) groups excluding carboxylic acids is 1. The standard InChI is InChI=1S/C16H23NO4/c1-3-20-14-6-4-5-7-15(14)21-11-16(19)17(2)10-12-8-13(18)9-12/h4-7,12-13,18H,3,8-11H2,1-2H3. The molecule has 0 bridgehead atoms. The maximum Gasteiger partial charge on any atom is 0.260 e. The van der Waals surface area contributed by atoms with E-state index in [0.717, 1.165) is 12.8 Å². The highest BCUT2D eigenvalue weighted by molar-refractivity contribution is 5.77. The van der Waals surface area contributed by atoms with Gasteiger partial charge in [-0.15, -0.1) is 0 Å². The van der Waals surface area contributed by atoms with Gasteiger partial charge in [0.05, 0.1) is 12.7 Å². The molecule has 0 aliphatic heterocycles. The lowest BCUT2D eigenvalue weighted by Crippen LogP contribution is -2.41. The number of carbonyl (C=O) groups is 1. The molecule has 0 unspecified atom stereocenters. The predicted octanol–water partition coefficient (Wildman–Crippen LogP) is 1.69. The Hall–Kier alpha value is -1.75. The molecule has 5 heteroatoms. The summed E-state index contributed by atoms with van der Waals surface area (Å²) in [7, 11) is 1.77. The first-order chi connectivity index (χ1) is 10.1. The minimum atomic E-state index is -0.187. The van der Waals surface area contributed by atoms with Crippen LogP contribution in [-0.4, -0.2) is 48.8 Å². The fourth-order valence-corrected chi connectivity index (χ4v) is 2.43. The summed E-state index contributed by atoms with van der Waals surface area (Å²) >= 11 is 0. The highest BCUT2D eigenvalue weighted by Gasteiger charge is 2.29. The van der Waals surface area contributed by atoms with Crippen LogP contribution in [0.2, 0.25) is 0 Å². The van der Waals surface area contributed by atoms with Crippen LogP contribution in [0.1, 0.15) is 19.8 Å². The van der Waals surface area contributed by atoms with Gasteiger partial charge in [-0.1, -0.05) is 12.1 Å². The van der Waals surface area contributed by atoms with Crippen molar-refractivity contribution in [3.05, 3.63) is 24.3 Å². The van der Waals surface area contributed by atoms with Crippen LogP contribution in [-0.2, 0) is 4.79 Å². The van der Waals surface area contributed by atoms with Crippen molar-refractivity contribution in [2.24, 2.45) is 5.92 Å². The third-order valence-corrected chi connectivity index (χ3v) is 3.67. The predicted molar refractivity (Wildman–Crippen MR) is 79.5 cm³/mol. The molecule has 0 radical (unpaired) electrons. The summed E-state index contributed by atoms with van der Waals surface area (Å²) in [5, 5.41) is 9.26. The number of aliphatic hydroxyl groups is 1. The number of aliphatic hydroxyl groups excluding tert-OH is 1. The number of para-hydroxylation sites is 2. The first-order valence-corrected chi connectivity index (χ1v) is 7.36. The van der Waals surface area contributed by atoms with Gasteiger partial charge in [-0.25, -0.2) is 0 Å². The maximum atomic E-state index is 12.0. The van der Waals surface area contributed by atoms with Crippen molar-refractivity contribution < 1.29 is 19.4 Å². The quantitative estimate of drug-likeness (QED) is 0.831. The molecule has 1 aliphatic rings. The zero-order chi connectivity index (χ0) is 15.2. The number of likely N-dealkylation sites (N-methyl/N-ethyl adjacent to an activating group) is 1. The van der Waals surface area contributed by atoms with E-state index in [0.29, 0.717) is 30.6 Å². The average molecular weight is 293 g/mol. The minimum Gasteiger partial charge on any atom is -0.490 e. The van der Waals surface area contributed by atoms with Crippen LogP contribution in [0.4, 0.5) is 0 Å². The van der Waals surface area contributed by atoms with Crippen molar-refractivity contribution in [2.75, 3.05) is 26.8 Å². The second-order valence-corrected chi connectivity index (χ2v) is 5.43. The Morgan fingerprint density at radius 3 is 2.48 bits per heavy atom. The van der Waals surface area contributed by atoms with E-state index in [-0.39, 0.29) is 18.6 Å². The molecule has 1 saturated carbocycles. The van der Waals surface area contributed by atoms with E-state index < -0.39 is 0 Å². The van der Waals surface area contributed by atoms with Crippen molar-refractivity contribution in [1.29, 1.82) is 0 Å². The number of rotatable bonds is 7. The van der Waals surface area contributed by atoms with E-state index in [4.69, 9.17) is 9.47 Å². The third-order valence-electron chi connectivity index (χ3n) is 3.67. The van der Waals surface area contributed by atoms with E-state index in [1.54, 1.807) is 18.0 Å². The van der Waals surface area contributed by atoms with Crippen LogP contribution in [0.3, 0.4) is 0 Å². The molecule has 5 nitrogen and oxygen atoms in total. The summed E-state index contributed by atoms with van der Waals surface area (Å²) in [6.45, 7) is 3.13. The molecule has 0 aromatic heterocycles. The Morgan fingerprint density at radius 1 is 1.29 bits per heavy atom. The molecular weight excluding hydrogens is 270 g/mol. The molecule has 1 amide bonds. The van der Waals surface area contributed by atoms with Crippen molar-refractivity contribution in [3.8, 4) is 11.5 Å². The van der Waals surface area contributed by atoms with Gasteiger partial charge < -0.3 is 19.5 Å². The third kappa shape index (κ3) is 4.36. The smallest absolute Gasteiger partial charge is 0.260 e. The van der Waals surface area contributed by atoms with Gasteiger partial charge >= 0.3 is 0 Å². The zero-order valence-electron chi connectivity index (χ0n) is 12.6. The largest absolute Gasteiger partial charge is 0.490 e. The number of amides is 1. The molecule has 116 valence electrons. The fraction of sp³-hybridized carbons (Fsp3) is 0.562. The van der Waals surface area contributed by atoms with Crippen molar-refractivity contribution in [1.82, 2.24) is 4.90 Å². The van der Waals surface area contributed by atoms with Crippen molar-refractivity contribution in [3.63, 3.8) is 0 Å². The Bertz CT molecular complexity index is 471. The molecule has 1 aliphatic carbocycles. The van der Waals surface area contributed by atoms with Gasteiger partial charge in [-0.05, 0) is 37.8 Å². The summed E-state index contributed by atoms with van der Waals surface area (Å²) in [6.07, 6.45) is 1.38. The van der Waals surface area contributed by atoms with Gasteiger partial charge in [-0.2, -0.15) is 0 Å². The molecule has 21 heavy (non-hydrogen) atoms. The van der Waals surface area contributed by atoms with Crippen LogP contribution in [0.25, 0.3) is 0 Å². The highest BCUT2D eigenvalue weighted by atomic mass is 16.5. The first-order valence-electron chi connectivity index (χ1n) is 7.36. The van der Waals surface area contributed by atoms with Gasteiger partial charge in [0.15, 0.2) is 18.1 Å². The van der Waals surface area contributed by atoms with Gasteiger partial charge in [0.25, 0.3) is 5.91 Å². The second-order valence-electron chi connectivity index (χ2n) is 5.43. The van der Waals surface area contributed by atoms with E-state index in [9.17, 15) is 9.90 Å². The lowest BCUT2D eigenvalue weighted by molar-refractivity contribution is -0.133. The van der Waals surface area contributed by atoms with Crippen LogP contribution < -0.4 is 9.47 Å². The second kappa shape index (κ2) is 7.31.